The highest BCUT2D eigenvalue weighted by Gasteiger charge is 2.56. The summed E-state index contributed by atoms with van der Waals surface area (Å²) in [4.78, 5) is 1.29. The molecule has 4 aliphatic rings. The molecule has 0 fully saturated rings. The average Bonchev–Trinajstić information content (AvgIpc) is 1.59. The molecular weight excluding hydrogens is 1150 g/mol. The fourth-order valence-electron chi connectivity index (χ4n) is 16.4. The van der Waals surface area contributed by atoms with E-state index >= 15 is 16.8 Å². The van der Waals surface area contributed by atoms with Crippen molar-refractivity contribution in [3.8, 4) is 33.6 Å². The number of hydrogen-bond acceptors (Lipinski definition) is 4. The van der Waals surface area contributed by atoms with Crippen LogP contribution in [0.2, 0.25) is 0 Å². The molecule has 4 heterocycles. The van der Waals surface area contributed by atoms with Gasteiger partial charge in [0.05, 0.1) is 42.7 Å². The van der Waals surface area contributed by atoms with Crippen LogP contribution in [-0.2, 0) is 30.5 Å². The van der Waals surface area contributed by atoms with Crippen LogP contribution in [0.25, 0.3) is 77.2 Å². The van der Waals surface area contributed by atoms with Gasteiger partial charge in [-0.25, -0.2) is 16.8 Å². The van der Waals surface area contributed by atoms with Crippen LogP contribution in [0.15, 0.2) is 317 Å². The minimum absolute atomic E-state index is 0.321. The van der Waals surface area contributed by atoms with E-state index in [9.17, 15) is 0 Å². The molecule has 0 saturated carbocycles. The van der Waals surface area contributed by atoms with Gasteiger partial charge in [0, 0.05) is 32.9 Å². The molecule has 0 N–H and O–H groups in total. The van der Waals surface area contributed by atoms with Crippen molar-refractivity contribution in [3.05, 3.63) is 342 Å². The van der Waals surface area contributed by atoms with Crippen molar-refractivity contribution in [1.82, 2.24) is 9.13 Å². The average molecular weight is 1200 g/mol. The lowest BCUT2D eigenvalue weighted by Gasteiger charge is -2.40. The number of nitrogens with zero attached hydrogens (tertiary/aromatic N) is 2. The van der Waals surface area contributed by atoms with Crippen molar-refractivity contribution in [1.29, 1.82) is 0 Å². The third kappa shape index (κ3) is 6.42. The Balaban J connectivity index is 0.789. The summed E-state index contributed by atoms with van der Waals surface area (Å²) in [5.41, 5.74) is 14.8. The van der Waals surface area contributed by atoms with Crippen LogP contribution in [-0.4, -0.2) is 26.0 Å². The van der Waals surface area contributed by atoms with Crippen molar-refractivity contribution >= 4 is 87.1 Å². The van der Waals surface area contributed by atoms with Gasteiger partial charge in [0.1, 0.15) is 9.79 Å². The molecule has 13 aromatic carbocycles. The van der Waals surface area contributed by atoms with Crippen LogP contribution in [0.4, 0.5) is 0 Å². The van der Waals surface area contributed by atoms with Crippen molar-refractivity contribution in [3.63, 3.8) is 0 Å². The van der Waals surface area contributed by atoms with Crippen LogP contribution in [0.5, 0.6) is 0 Å². The zero-order chi connectivity index (χ0) is 59.1. The third-order valence-electron chi connectivity index (χ3n) is 19.7. The van der Waals surface area contributed by atoms with Crippen LogP contribution >= 0.6 is 7.92 Å². The van der Waals surface area contributed by atoms with E-state index in [0.29, 0.717) is 30.6 Å². The quantitative estimate of drug-likeness (QED) is 0.161. The summed E-state index contributed by atoms with van der Waals surface area (Å²) in [5.74, 6) is 0. The number of hydrogen-bond donors (Lipinski definition) is 0. The van der Waals surface area contributed by atoms with Crippen molar-refractivity contribution < 1.29 is 16.8 Å². The number of benzene rings is 13. The fourth-order valence-corrected chi connectivity index (χ4v) is 22.6. The Morgan fingerprint density at radius 3 is 0.966 bits per heavy atom. The molecule has 2 aliphatic heterocycles. The molecule has 0 saturated heterocycles. The van der Waals surface area contributed by atoms with Crippen LogP contribution in [0.3, 0.4) is 0 Å². The Morgan fingerprint density at radius 2 is 0.573 bits per heavy atom. The first kappa shape index (κ1) is 50.9. The third-order valence-corrected chi connectivity index (χ3v) is 26.0. The van der Waals surface area contributed by atoms with Gasteiger partial charge in [-0.1, -0.05) is 249 Å². The highest BCUT2D eigenvalue weighted by atomic mass is 32.2. The van der Waals surface area contributed by atoms with Crippen LogP contribution < -0.4 is 15.9 Å². The lowest BCUT2D eigenvalue weighted by Crippen LogP contribution is -2.36. The zero-order valence-electron chi connectivity index (χ0n) is 47.6. The maximum absolute atomic E-state index is 15.9. The van der Waals surface area contributed by atoms with E-state index in [1.807, 2.05) is 66.7 Å². The number of sulfone groups is 2. The van der Waals surface area contributed by atoms with Gasteiger partial charge in [-0.3, -0.25) is 0 Å². The summed E-state index contributed by atoms with van der Waals surface area (Å²) in [6, 6.07) is 102. The Hall–Kier alpha value is -10.2. The molecule has 19 rings (SSSR count). The molecule has 0 bridgehead atoms. The largest absolute Gasteiger partial charge is 0.308 e. The van der Waals surface area contributed by atoms with Gasteiger partial charge in [0.15, 0.2) is 0 Å². The number of rotatable bonds is 5. The van der Waals surface area contributed by atoms with Gasteiger partial charge in [0.2, 0.25) is 19.7 Å². The number of aromatic nitrogens is 2. The monoisotopic (exact) mass is 1200 g/mol. The van der Waals surface area contributed by atoms with Gasteiger partial charge in [-0.2, -0.15) is 0 Å². The molecule has 2 aliphatic carbocycles. The summed E-state index contributed by atoms with van der Waals surface area (Å²) in [7, 11) is -9.38. The summed E-state index contributed by atoms with van der Waals surface area (Å²) in [6.07, 6.45) is 0. The van der Waals surface area contributed by atoms with Gasteiger partial charge in [-0.15, -0.1) is 0 Å². The molecule has 2 aromatic heterocycles. The molecule has 0 unspecified atom stereocenters. The molecule has 9 heteroatoms. The molecule has 15 aromatic rings. The highest BCUT2D eigenvalue weighted by Crippen LogP contribution is 2.64. The summed E-state index contributed by atoms with van der Waals surface area (Å²) >= 11 is 0. The van der Waals surface area contributed by atoms with Crippen molar-refractivity contribution in [2.75, 3.05) is 0 Å². The van der Waals surface area contributed by atoms with Crippen molar-refractivity contribution in [2.45, 2.75) is 30.4 Å². The minimum Gasteiger partial charge on any atom is -0.308 e. The van der Waals surface area contributed by atoms with Gasteiger partial charge in [0.25, 0.3) is 0 Å². The van der Waals surface area contributed by atoms with E-state index in [2.05, 4.69) is 228 Å². The predicted molar refractivity (Wildman–Crippen MR) is 359 cm³/mol. The topological polar surface area (TPSA) is 78.1 Å². The molecule has 2 spiro atoms. The normalized spacial score (nSPS) is 15.4. The van der Waals surface area contributed by atoms with E-state index in [1.54, 1.807) is 12.1 Å². The second-order valence-corrected chi connectivity index (χ2v) is 29.7. The highest BCUT2D eigenvalue weighted by molar-refractivity contribution is 7.92. The standard InChI is InChI=1S/C80H49N2O4PS2/c83-88(84)73-36-18-14-32-67(73)79(63-28-10-4-22-55(63)56-23-5-11-29-64(56)79)69-48-46-61-59-26-8-16-34-71(59)81(75(61)77(69)88)50-38-42-53(43-39-50)87(52-20-2-1-3-21-52)54-44-40-51(41-45-54)82-72-35-17-9-27-60(72)62-47-49-70-78(76(62)82)89(85,86)74-37-19-15-33-68(74)80(70)65-30-12-6-24-57(65)58-25-7-13-31-66(58)80/h1-49H. The zero-order valence-corrected chi connectivity index (χ0v) is 50.1. The van der Waals surface area contributed by atoms with Gasteiger partial charge < -0.3 is 9.13 Å². The Kier molecular flexibility index (Phi) is 10.4. The molecule has 0 atom stereocenters. The molecule has 89 heavy (non-hydrogen) atoms. The maximum atomic E-state index is 15.9. The first-order chi connectivity index (χ1) is 43.7. The first-order valence-corrected chi connectivity index (χ1v) is 34.3. The summed E-state index contributed by atoms with van der Waals surface area (Å²) in [6.45, 7) is 0. The summed E-state index contributed by atoms with van der Waals surface area (Å²) in [5, 5.41) is 7.07. The van der Waals surface area contributed by atoms with E-state index in [1.165, 1.54) is 5.30 Å². The van der Waals surface area contributed by atoms with E-state index < -0.39 is 38.4 Å². The first-order valence-electron chi connectivity index (χ1n) is 30.0. The lowest BCUT2D eigenvalue weighted by molar-refractivity contribution is 0.580. The van der Waals surface area contributed by atoms with Crippen molar-refractivity contribution in [2.24, 2.45) is 0 Å². The van der Waals surface area contributed by atoms with Gasteiger partial charge in [-0.05, 0) is 139 Å². The van der Waals surface area contributed by atoms with Crippen LogP contribution in [0, 0.1) is 0 Å². The second-order valence-electron chi connectivity index (χ2n) is 23.8. The fraction of sp³-hybridized carbons (Fsp3) is 0.0250. The molecule has 0 amide bonds. The van der Waals surface area contributed by atoms with E-state index in [4.69, 9.17) is 0 Å². The lowest BCUT2D eigenvalue weighted by atomic mass is 9.67. The maximum Gasteiger partial charge on any atom is 0.209 e. The van der Waals surface area contributed by atoms with E-state index in [-0.39, 0.29) is 0 Å². The van der Waals surface area contributed by atoms with E-state index in [0.717, 1.165) is 121 Å². The predicted octanol–water partition coefficient (Wildman–Crippen LogP) is 16.7. The molecule has 0 radical (unpaired) electrons. The molecular formula is C80H49N2O4PS2. The minimum atomic E-state index is -4.11. The SMILES string of the molecule is O=S1(=O)c2ccccc2C2(c3ccccc3-c3ccccc32)c2ccc3c4ccccc4n(-c4ccc(P(c5ccccc5)c5ccc(-n6c7ccccc7c7ccc8c(c76)S(=O)(=O)c6ccccc6C86c7ccccc7-c7ccccc76)cc5)cc4)c3c21. The molecule has 420 valence electrons. The Morgan fingerprint density at radius 1 is 0.258 bits per heavy atom. The number of fused-ring (bicyclic) bond motifs is 26. The molecule has 6 nitrogen and oxygen atoms in total. The smallest absolute Gasteiger partial charge is 0.209 e. The Bertz CT molecular complexity index is 5420. The number of para-hydroxylation sites is 2. The second kappa shape index (κ2) is 18.2. The summed E-state index contributed by atoms with van der Waals surface area (Å²) < 4.78 is 67.8. The van der Waals surface area contributed by atoms with Gasteiger partial charge >= 0.3 is 0 Å². The van der Waals surface area contributed by atoms with Crippen LogP contribution in [0.1, 0.15) is 44.5 Å². The Labute approximate surface area is 515 Å².